The Morgan fingerprint density at radius 3 is 2.71 bits per heavy atom. The van der Waals surface area contributed by atoms with Crippen molar-refractivity contribution in [2.24, 2.45) is 0 Å². The standard InChI is InChI=1S/C17H18N6O/c1-12(9-16-10-18-7-8-19-16)23-11-17(21-22-23)14-3-5-15(6-4-14)20-13(2)24/h3-8,10-12H,9H2,1-2H3,(H,20,24)/t12-/m0/s1. The zero-order chi connectivity index (χ0) is 16.9. The number of carbonyl (C=O) groups is 1. The molecule has 0 saturated heterocycles. The average Bonchev–Trinajstić information content (AvgIpc) is 3.06. The number of hydrogen-bond acceptors (Lipinski definition) is 5. The highest BCUT2D eigenvalue weighted by Gasteiger charge is 2.11. The molecule has 0 fully saturated rings. The molecule has 24 heavy (non-hydrogen) atoms. The van der Waals surface area contributed by atoms with Gasteiger partial charge in [-0.3, -0.25) is 14.8 Å². The number of rotatable bonds is 5. The highest BCUT2D eigenvalue weighted by molar-refractivity contribution is 5.88. The molecular weight excluding hydrogens is 304 g/mol. The van der Waals surface area contributed by atoms with Gasteiger partial charge in [0.2, 0.25) is 5.91 Å². The van der Waals surface area contributed by atoms with E-state index < -0.39 is 0 Å². The van der Waals surface area contributed by atoms with Crippen molar-refractivity contribution in [2.45, 2.75) is 26.3 Å². The van der Waals surface area contributed by atoms with Crippen molar-refractivity contribution in [1.82, 2.24) is 25.0 Å². The van der Waals surface area contributed by atoms with Crippen molar-refractivity contribution in [3.8, 4) is 11.3 Å². The molecule has 0 saturated carbocycles. The fourth-order valence-corrected chi connectivity index (χ4v) is 2.38. The molecular formula is C17H18N6O. The molecule has 0 aliphatic carbocycles. The van der Waals surface area contributed by atoms with Gasteiger partial charge in [0.25, 0.3) is 0 Å². The monoisotopic (exact) mass is 322 g/mol. The topological polar surface area (TPSA) is 85.6 Å². The maximum Gasteiger partial charge on any atom is 0.221 e. The Labute approximate surface area is 139 Å². The second kappa shape index (κ2) is 6.99. The van der Waals surface area contributed by atoms with Gasteiger partial charge in [-0.25, -0.2) is 4.68 Å². The van der Waals surface area contributed by atoms with E-state index in [9.17, 15) is 4.79 Å². The summed E-state index contributed by atoms with van der Waals surface area (Å²) in [6.07, 6.45) is 7.75. The van der Waals surface area contributed by atoms with E-state index in [0.29, 0.717) is 0 Å². The van der Waals surface area contributed by atoms with E-state index >= 15 is 0 Å². The summed E-state index contributed by atoms with van der Waals surface area (Å²) in [4.78, 5) is 19.4. The van der Waals surface area contributed by atoms with Crippen molar-refractivity contribution in [1.29, 1.82) is 0 Å². The molecule has 3 rings (SSSR count). The molecule has 1 N–H and O–H groups in total. The Balaban J connectivity index is 1.71. The molecule has 0 unspecified atom stereocenters. The molecule has 3 aromatic rings. The molecule has 0 aliphatic rings. The minimum Gasteiger partial charge on any atom is -0.326 e. The van der Waals surface area contributed by atoms with E-state index in [1.807, 2.05) is 35.1 Å². The molecule has 0 bridgehead atoms. The van der Waals surface area contributed by atoms with Gasteiger partial charge >= 0.3 is 0 Å². The van der Waals surface area contributed by atoms with Crippen LogP contribution in [0.5, 0.6) is 0 Å². The van der Waals surface area contributed by atoms with E-state index in [2.05, 4.69) is 32.5 Å². The lowest BCUT2D eigenvalue weighted by Gasteiger charge is -2.09. The predicted octanol–water partition coefficient (Wildman–Crippen LogP) is 2.50. The third kappa shape index (κ3) is 3.81. The number of carbonyl (C=O) groups excluding carboxylic acids is 1. The number of nitrogens with one attached hydrogen (secondary N) is 1. The average molecular weight is 322 g/mol. The molecule has 122 valence electrons. The van der Waals surface area contributed by atoms with E-state index in [-0.39, 0.29) is 11.9 Å². The SMILES string of the molecule is CC(=O)Nc1ccc(-c2cn([C@@H](C)Cc3cnccn3)nn2)cc1. The van der Waals surface area contributed by atoms with Gasteiger partial charge in [-0.2, -0.15) is 0 Å². The van der Waals surface area contributed by atoms with Gasteiger partial charge < -0.3 is 5.32 Å². The van der Waals surface area contributed by atoms with Crippen LogP contribution >= 0.6 is 0 Å². The number of nitrogens with zero attached hydrogens (tertiary/aromatic N) is 5. The Morgan fingerprint density at radius 1 is 1.25 bits per heavy atom. The molecule has 2 heterocycles. The van der Waals surface area contributed by atoms with Gasteiger partial charge in [-0.15, -0.1) is 5.10 Å². The second-order valence-electron chi connectivity index (χ2n) is 5.59. The van der Waals surface area contributed by atoms with Crippen LogP contribution in [0.25, 0.3) is 11.3 Å². The van der Waals surface area contributed by atoms with Gasteiger partial charge in [0.15, 0.2) is 0 Å². The first-order chi connectivity index (χ1) is 11.6. The van der Waals surface area contributed by atoms with Gasteiger partial charge in [0, 0.05) is 43.2 Å². The summed E-state index contributed by atoms with van der Waals surface area (Å²) in [5, 5.41) is 11.2. The first-order valence-corrected chi connectivity index (χ1v) is 7.66. The van der Waals surface area contributed by atoms with E-state index in [0.717, 1.165) is 29.1 Å². The van der Waals surface area contributed by atoms with Crippen molar-refractivity contribution < 1.29 is 4.79 Å². The Hall–Kier alpha value is -3.09. The first kappa shape index (κ1) is 15.8. The van der Waals surface area contributed by atoms with E-state index in [4.69, 9.17) is 0 Å². The quantitative estimate of drug-likeness (QED) is 0.780. The van der Waals surface area contributed by atoms with E-state index in [1.165, 1.54) is 6.92 Å². The Bertz CT molecular complexity index is 813. The summed E-state index contributed by atoms with van der Waals surface area (Å²) in [6, 6.07) is 7.64. The summed E-state index contributed by atoms with van der Waals surface area (Å²) >= 11 is 0. The van der Waals surface area contributed by atoms with Gasteiger partial charge in [-0.05, 0) is 19.1 Å². The summed E-state index contributed by atoms with van der Waals surface area (Å²) in [5.74, 6) is -0.0912. The van der Waals surface area contributed by atoms with Gasteiger partial charge in [-0.1, -0.05) is 17.3 Å². The summed E-state index contributed by atoms with van der Waals surface area (Å²) in [6.45, 7) is 3.55. The smallest absolute Gasteiger partial charge is 0.221 e. The van der Waals surface area contributed by atoms with Crippen molar-refractivity contribution in [2.75, 3.05) is 5.32 Å². The zero-order valence-electron chi connectivity index (χ0n) is 13.5. The minimum atomic E-state index is -0.0912. The number of anilines is 1. The third-order valence-corrected chi connectivity index (χ3v) is 3.58. The first-order valence-electron chi connectivity index (χ1n) is 7.66. The molecule has 7 nitrogen and oxygen atoms in total. The van der Waals surface area contributed by atoms with Crippen LogP contribution in [0.3, 0.4) is 0 Å². The molecule has 1 amide bonds. The molecule has 0 spiro atoms. The highest BCUT2D eigenvalue weighted by Crippen LogP contribution is 2.20. The van der Waals surface area contributed by atoms with Crippen molar-refractivity contribution >= 4 is 11.6 Å². The van der Waals surface area contributed by atoms with Crippen LogP contribution in [0.2, 0.25) is 0 Å². The van der Waals surface area contributed by atoms with E-state index in [1.54, 1.807) is 18.6 Å². The normalized spacial score (nSPS) is 11.9. The van der Waals surface area contributed by atoms with Crippen LogP contribution in [-0.2, 0) is 11.2 Å². The molecule has 0 radical (unpaired) electrons. The summed E-state index contributed by atoms with van der Waals surface area (Å²) in [5.41, 5.74) is 3.41. The summed E-state index contributed by atoms with van der Waals surface area (Å²) < 4.78 is 1.83. The minimum absolute atomic E-state index is 0.0912. The largest absolute Gasteiger partial charge is 0.326 e. The maximum absolute atomic E-state index is 11.1. The molecule has 2 aromatic heterocycles. The molecule has 7 heteroatoms. The predicted molar refractivity (Wildman–Crippen MR) is 90.2 cm³/mol. The van der Waals surface area contributed by atoms with Crippen molar-refractivity contribution in [3.05, 3.63) is 54.7 Å². The van der Waals surface area contributed by atoms with Crippen LogP contribution in [0, 0.1) is 0 Å². The highest BCUT2D eigenvalue weighted by atomic mass is 16.1. The third-order valence-electron chi connectivity index (χ3n) is 3.58. The van der Waals surface area contributed by atoms with Crippen LogP contribution in [0.4, 0.5) is 5.69 Å². The van der Waals surface area contributed by atoms with Gasteiger partial charge in [0.05, 0.1) is 17.9 Å². The van der Waals surface area contributed by atoms with Crippen LogP contribution < -0.4 is 5.32 Å². The maximum atomic E-state index is 11.1. The van der Waals surface area contributed by atoms with Gasteiger partial charge in [0.1, 0.15) is 5.69 Å². The lowest BCUT2D eigenvalue weighted by atomic mass is 10.1. The Kier molecular flexibility index (Phi) is 4.60. The number of benzene rings is 1. The molecule has 0 aliphatic heterocycles. The number of aromatic nitrogens is 5. The molecule has 1 atom stereocenters. The second-order valence-corrected chi connectivity index (χ2v) is 5.59. The Morgan fingerprint density at radius 2 is 2.04 bits per heavy atom. The molecule has 1 aromatic carbocycles. The lowest BCUT2D eigenvalue weighted by Crippen LogP contribution is -2.10. The fraction of sp³-hybridized carbons (Fsp3) is 0.235. The fourth-order valence-electron chi connectivity index (χ4n) is 2.38. The van der Waals surface area contributed by atoms with Crippen molar-refractivity contribution in [3.63, 3.8) is 0 Å². The van der Waals surface area contributed by atoms with Crippen LogP contribution in [0.15, 0.2) is 49.1 Å². The van der Waals surface area contributed by atoms with Crippen LogP contribution in [-0.4, -0.2) is 30.9 Å². The summed E-state index contributed by atoms with van der Waals surface area (Å²) in [7, 11) is 0. The van der Waals surface area contributed by atoms with Crippen LogP contribution in [0.1, 0.15) is 25.6 Å². The lowest BCUT2D eigenvalue weighted by molar-refractivity contribution is -0.114. The number of hydrogen-bond donors (Lipinski definition) is 1. The zero-order valence-corrected chi connectivity index (χ0v) is 13.5. The number of amides is 1.